The van der Waals surface area contributed by atoms with Crippen molar-refractivity contribution in [2.45, 2.75) is 25.4 Å². The van der Waals surface area contributed by atoms with Crippen molar-refractivity contribution in [2.75, 3.05) is 51.1 Å². The first-order valence-electron chi connectivity index (χ1n) is 14.5. The smallest absolute Gasteiger partial charge is 0.337 e. The summed E-state index contributed by atoms with van der Waals surface area (Å²) in [4.78, 5) is 24.7. The van der Waals surface area contributed by atoms with Gasteiger partial charge in [-0.05, 0) is 72.4 Å². The van der Waals surface area contributed by atoms with E-state index in [2.05, 4.69) is 5.32 Å². The number of ether oxygens (including phenoxy) is 3. The van der Waals surface area contributed by atoms with E-state index < -0.39 is 21.8 Å². The maximum Gasteiger partial charge on any atom is 0.337 e. The van der Waals surface area contributed by atoms with Gasteiger partial charge in [0.15, 0.2) is 0 Å². The second-order valence-corrected chi connectivity index (χ2v) is 12.7. The molecule has 10 nitrogen and oxygen atoms in total. The summed E-state index contributed by atoms with van der Waals surface area (Å²) < 4.78 is 63.3. The van der Waals surface area contributed by atoms with Crippen LogP contribution in [0, 0.1) is 5.82 Å². The lowest BCUT2D eigenvalue weighted by Gasteiger charge is -2.25. The van der Waals surface area contributed by atoms with Crippen LogP contribution in [0.4, 0.5) is 10.1 Å². The first-order chi connectivity index (χ1) is 21.6. The zero-order valence-corrected chi connectivity index (χ0v) is 26.1. The van der Waals surface area contributed by atoms with Crippen LogP contribution >= 0.6 is 0 Å². The molecule has 1 aliphatic carbocycles. The Morgan fingerprint density at radius 3 is 2.42 bits per heavy atom. The highest BCUT2D eigenvalue weighted by molar-refractivity contribution is 7.92. The average Bonchev–Trinajstić information content (AvgIpc) is 3.81. The highest BCUT2D eigenvalue weighted by Crippen LogP contribution is 2.48. The van der Waals surface area contributed by atoms with Crippen LogP contribution in [-0.4, -0.2) is 67.1 Å². The monoisotopic (exact) mass is 638 g/mol. The fourth-order valence-electron chi connectivity index (χ4n) is 5.17. The van der Waals surface area contributed by atoms with Crippen LogP contribution in [-0.2, 0) is 30.8 Å². The molecule has 12 heteroatoms. The summed E-state index contributed by atoms with van der Waals surface area (Å²) in [6.07, 6.45) is 2.93. The van der Waals surface area contributed by atoms with Crippen molar-refractivity contribution in [1.82, 2.24) is 5.32 Å². The van der Waals surface area contributed by atoms with Gasteiger partial charge in [-0.15, -0.1) is 0 Å². The summed E-state index contributed by atoms with van der Waals surface area (Å²) in [6.45, 7) is 0.937. The van der Waals surface area contributed by atoms with Gasteiger partial charge in [0.25, 0.3) is 5.91 Å². The van der Waals surface area contributed by atoms with Crippen LogP contribution in [0.25, 0.3) is 22.3 Å². The van der Waals surface area contributed by atoms with E-state index in [4.69, 9.17) is 18.6 Å². The van der Waals surface area contributed by atoms with Crippen LogP contribution in [0.15, 0.2) is 65.1 Å². The number of nitrogens with one attached hydrogen (secondary N) is 1. The third kappa shape index (κ3) is 7.52. The Labute approximate surface area is 261 Å². The van der Waals surface area contributed by atoms with E-state index >= 15 is 0 Å². The molecule has 45 heavy (non-hydrogen) atoms. The van der Waals surface area contributed by atoms with Crippen molar-refractivity contribution >= 4 is 38.6 Å². The van der Waals surface area contributed by atoms with Crippen molar-refractivity contribution in [3.63, 3.8) is 0 Å². The number of rotatable bonds is 14. The third-order valence-electron chi connectivity index (χ3n) is 7.51. The average molecular weight is 639 g/mol. The normalized spacial score (nSPS) is 13.2. The van der Waals surface area contributed by atoms with Gasteiger partial charge in [0.2, 0.25) is 10.0 Å². The summed E-state index contributed by atoms with van der Waals surface area (Å²) in [5, 5.41) is 3.20. The predicted octanol–water partition coefficient (Wildman–Crippen LogP) is 5.26. The number of carbonyl (C=O) groups is 2. The summed E-state index contributed by atoms with van der Waals surface area (Å²) in [5.41, 5.74) is 3.69. The maximum absolute atomic E-state index is 13.6. The van der Waals surface area contributed by atoms with Crippen molar-refractivity contribution in [3.8, 4) is 11.3 Å². The van der Waals surface area contributed by atoms with Gasteiger partial charge in [-0.3, -0.25) is 9.10 Å². The van der Waals surface area contributed by atoms with Crippen LogP contribution in [0.3, 0.4) is 0 Å². The second kappa shape index (κ2) is 13.8. The van der Waals surface area contributed by atoms with Gasteiger partial charge in [-0.2, -0.15) is 0 Å². The molecule has 1 aromatic heterocycles. The molecule has 0 spiro atoms. The molecule has 0 atom stereocenters. The number of methoxy groups -OCH3 is 1. The molecule has 1 aliphatic rings. The van der Waals surface area contributed by atoms with Gasteiger partial charge in [0.1, 0.15) is 17.2 Å². The number of nitrogens with zero attached hydrogens (tertiary/aromatic N) is 1. The minimum absolute atomic E-state index is 0.0546. The third-order valence-corrected chi connectivity index (χ3v) is 8.69. The SMILES string of the molecule is CNC(=O)c1c(-c2ccc(F)cc2)oc2cc(N(CCOCCOCc3cccc(C(=O)OC)c3)S(C)(=O)=O)c(C3CC3)cc12. The second-order valence-electron chi connectivity index (χ2n) is 10.8. The number of fused-ring (bicyclic) bond motifs is 1. The molecule has 0 unspecified atom stereocenters. The number of furan rings is 1. The topological polar surface area (TPSA) is 124 Å². The number of halogens is 1. The van der Waals surface area contributed by atoms with Crippen LogP contribution in [0.2, 0.25) is 0 Å². The van der Waals surface area contributed by atoms with Gasteiger partial charge >= 0.3 is 5.97 Å². The van der Waals surface area contributed by atoms with Crippen LogP contribution < -0.4 is 9.62 Å². The molecule has 0 bridgehead atoms. The Balaban J connectivity index is 1.32. The molecule has 5 rings (SSSR count). The van der Waals surface area contributed by atoms with Crippen LogP contribution in [0.5, 0.6) is 0 Å². The lowest BCUT2D eigenvalue weighted by Crippen LogP contribution is -2.34. The maximum atomic E-state index is 13.6. The highest BCUT2D eigenvalue weighted by Gasteiger charge is 2.33. The van der Waals surface area contributed by atoms with E-state index in [1.165, 1.54) is 42.7 Å². The number of sulfonamides is 1. The number of carbonyl (C=O) groups excluding carboxylic acids is 2. The number of hydrogen-bond acceptors (Lipinski definition) is 8. The summed E-state index contributed by atoms with van der Waals surface area (Å²) in [7, 11) is -0.878. The molecular weight excluding hydrogens is 603 g/mol. The van der Waals surface area contributed by atoms with E-state index in [0.717, 1.165) is 30.2 Å². The zero-order chi connectivity index (χ0) is 32.1. The number of benzene rings is 3. The van der Waals surface area contributed by atoms with E-state index in [-0.39, 0.29) is 50.6 Å². The number of hydrogen-bond donors (Lipinski definition) is 1. The lowest BCUT2D eigenvalue weighted by atomic mass is 10.0. The predicted molar refractivity (Wildman–Crippen MR) is 167 cm³/mol. The van der Waals surface area contributed by atoms with E-state index in [1.807, 2.05) is 12.1 Å². The van der Waals surface area contributed by atoms with Crippen molar-refractivity contribution < 1.29 is 41.0 Å². The number of amides is 1. The van der Waals surface area contributed by atoms with E-state index in [9.17, 15) is 22.4 Å². The van der Waals surface area contributed by atoms with Gasteiger partial charge in [-0.1, -0.05) is 12.1 Å². The molecule has 3 aromatic carbocycles. The molecule has 1 heterocycles. The van der Waals surface area contributed by atoms with Gasteiger partial charge < -0.3 is 23.9 Å². The Bertz CT molecular complexity index is 1800. The van der Waals surface area contributed by atoms with Crippen LogP contribution in [0.1, 0.15) is 50.6 Å². The van der Waals surface area contributed by atoms with E-state index in [1.54, 1.807) is 24.3 Å². The quantitative estimate of drug-likeness (QED) is 0.147. The molecule has 1 fully saturated rings. The molecule has 1 N–H and O–H groups in total. The fraction of sp³-hybridized carbons (Fsp3) is 0.333. The Morgan fingerprint density at radius 1 is 1.02 bits per heavy atom. The highest BCUT2D eigenvalue weighted by atomic mass is 32.2. The largest absolute Gasteiger partial charge is 0.465 e. The van der Waals surface area contributed by atoms with Gasteiger partial charge in [0, 0.05) is 24.1 Å². The number of esters is 1. The molecular formula is C33H35FN2O8S. The van der Waals surface area contributed by atoms with Crippen molar-refractivity contribution in [1.29, 1.82) is 0 Å². The first kappa shape index (κ1) is 32.1. The van der Waals surface area contributed by atoms with E-state index in [0.29, 0.717) is 33.3 Å². The van der Waals surface area contributed by atoms with Crippen molar-refractivity contribution in [2.24, 2.45) is 0 Å². The molecule has 1 saturated carbocycles. The summed E-state index contributed by atoms with van der Waals surface area (Å²) in [5.74, 6) is -0.796. The summed E-state index contributed by atoms with van der Waals surface area (Å²) in [6, 6.07) is 16.1. The Morgan fingerprint density at radius 2 is 1.76 bits per heavy atom. The molecule has 4 aromatic rings. The standard InChI is InChI=1S/C33H35FN2O8S/c1-35-32(37)30-27-18-26(22-7-8-22)28(19-29(27)44-31(30)23-9-11-25(34)12-10-23)36(45(3,39)40)13-14-42-15-16-43-20-21-5-4-6-24(17-21)33(38)41-2/h4-6,9-12,17-19,22H,7-8,13-16,20H2,1-3H3,(H,35,37). The minimum atomic E-state index is -3.72. The summed E-state index contributed by atoms with van der Waals surface area (Å²) >= 11 is 0. The molecule has 238 valence electrons. The molecule has 1 amide bonds. The first-order valence-corrected chi connectivity index (χ1v) is 16.3. The Kier molecular flexibility index (Phi) is 9.86. The van der Waals surface area contributed by atoms with Gasteiger partial charge in [0.05, 0.1) is 63.2 Å². The van der Waals surface area contributed by atoms with Crippen molar-refractivity contribution in [3.05, 3.63) is 88.7 Å². The number of anilines is 1. The lowest BCUT2D eigenvalue weighted by molar-refractivity contribution is 0.0434. The molecule has 0 radical (unpaired) electrons. The zero-order valence-electron chi connectivity index (χ0n) is 25.3. The fourth-order valence-corrected chi connectivity index (χ4v) is 6.09. The minimum Gasteiger partial charge on any atom is -0.465 e. The Hall–Kier alpha value is -4.26. The molecule has 0 saturated heterocycles. The molecule has 0 aliphatic heterocycles. The van der Waals surface area contributed by atoms with Gasteiger partial charge in [-0.25, -0.2) is 17.6 Å².